The number of aromatic nitrogens is 3. The number of halogens is 1. The van der Waals surface area contributed by atoms with E-state index in [2.05, 4.69) is 15.3 Å². The Kier molecular flexibility index (Phi) is 5.20. The van der Waals surface area contributed by atoms with Crippen molar-refractivity contribution in [3.05, 3.63) is 101 Å². The number of benzene rings is 2. The van der Waals surface area contributed by atoms with Crippen molar-refractivity contribution in [1.82, 2.24) is 14.5 Å². The smallest absolute Gasteiger partial charge is 0.234 e. The highest BCUT2D eigenvalue weighted by atomic mass is 19.1. The van der Waals surface area contributed by atoms with Crippen molar-refractivity contribution >= 4 is 11.6 Å². The lowest BCUT2D eigenvalue weighted by Crippen LogP contribution is -2.26. The predicted octanol–water partition coefficient (Wildman–Crippen LogP) is 5.13. The van der Waals surface area contributed by atoms with Crippen LogP contribution >= 0.6 is 0 Å². The zero-order valence-corrected chi connectivity index (χ0v) is 19.5. The Labute approximate surface area is 197 Å². The van der Waals surface area contributed by atoms with Crippen LogP contribution in [0.5, 0.6) is 5.75 Å². The van der Waals surface area contributed by atoms with Crippen LogP contribution in [0, 0.1) is 12.7 Å². The Bertz CT molecular complexity index is 1390. The maximum Gasteiger partial charge on any atom is 0.234 e. The second kappa shape index (κ2) is 8.09. The average Bonchev–Trinajstić information content (AvgIpc) is 3.38. The first kappa shape index (κ1) is 21.8. The molecule has 172 valence electrons. The number of amides is 1. The van der Waals surface area contributed by atoms with Crippen LogP contribution in [0.1, 0.15) is 47.8 Å². The number of nitrogens with one attached hydrogen (secondary N) is 1. The summed E-state index contributed by atoms with van der Waals surface area (Å²) >= 11 is 0. The fourth-order valence-corrected chi connectivity index (χ4v) is 4.47. The third kappa shape index (κ3) is 3.63. The van der Waals surface area contributed by atoms with E-state index in [1.165, 1.54) is 6.20 Å². The number of methoxy groups -OCH3 is 1. The predicted molar refractivity (Wildman–Crippen MR) is 128 cm³/mol. The van der Waals surface area contributed by atoms with Crippen molar-refractivity contribution in [2.24, 2.45) is 0 Å². The number of pyridine rings is 1. The molecule has 5 rings (SSSR count). The number of ether oxygens (including phenoxy) is 1. The second-order valence-corrected chi connectivity index (χ2v) is 9.07. The van der Waals surface area contributed by atoms with E-state index in [0.29, 0.717) is 5.69 Å². The summed E-state index contributed by atoms with van der Waals surface area (Å²) in [5, 5.41) is 3.01. The van der Waals surface area contributed by atoms with Gasteiger partial charge in [-0.05, 0) is 61.7 Å². The molecule has 0 bridgehead atoms. The van der Waals surface area contributed by atoms with Crippen molar-refractivity contribution in [2.75, 3.05) is 12.4 Å². The lowest BCUT2D eigenvalue weighted by Gasteiger charge is -2.19. The molecule has 34 heavy (non-hydrogen) atoms. The maximum absolute atomic E-state index is 14.5. The molecule has 1 N–H and O–H groups in total. The molecule has 7 heteroatoms. The third-order valence-corrected chi connectivity index (χ3v) is 6.46. The molecule has 2 aromatic heterocycles. The van der Waals surface area contributed by atoms with Crippen LogP contribution in [0.4, 0.5) is 10.1 Å². The molecule has 1 unspecified atom stereocenters. The molecule has 0 saturated heterocycles. The molecule has 0 spiro atoms. The summed E-state index contributed by atoms with van der Waals surface area (Å²) in [5.74, 6) is 0.0841. The van der Waals surface area contributed by atoms with Crippen molar-refractivity contribution in [3.8, 4) is 11.4 Å². The van der Waals surface area contributed by atoms with Gasteiger partial charge in [0, 0.05) is 17.6 Å². The SMILES string of the molecule is COc1ccc(C(c2ccc3c(c2)NC(=O)C3(C)C)c2cn(-c3cc(C)ncc3F)cn2)cc1. The van der Waals surface area contributed by atoms with Crippen LogP contribution in [-0.2, 0) is 10.2 Å². The number of aryl methyl sites for hydroxylation is 1. The van der Waals surface area contributed by atoms with Gasteiger partial charge in [0.25, 0.3) is 0 Å². The van der Waals surface area contributed by atoms with Gasteiger partial charge < -0.3 is 14.6 Å². The zero-order valence-electron chi connectivity index (χ0n) is 19.5. The minimum absolute atomic E-state index is 0.0199. The van der Waals surface area contributed by atoms with Gasteiger partial charge in [0.05, 0.1) is 42.3 Å². The van der Waals surface area contributed by atoms with E-state index in [-0.39, 0.29) is 11.8 Å². The lowest BCUT2D eigenvalue weighted by molar-refractivity contribution is -0.119. The molecular weight excluding hydrogens is 431 g/mol. The van der Waals surface area contributed by atoms with E-state index in [4.69, 9.17) is 4.74 Å². The quantitative estimate of drug-likeness (QED) is 0.452. The molecule has 1 aliphatic heterocycles. The number of carbonyl (C=O) groups excluding carboxylic acids is 1. The Morgan fingerprint density at radius 1 is 1.06 bits per heavy atom. The van der Waals surface area contributed by atoms with Gasteiger partial charge in [-0.25, -0.2) is 9.37 Å². The molecule has 0 radical (unpaired) electrons. The maximum atomic E-state index is 14.5. The Morgan fingerprint density at radius 2 is 1.79 bits per heavy atom. The van der Waals surface area contributed by atoms with Gasteiger partial charge in [0.2, 0.25) is 5.91 Å². The number of fused-ring (bicyclic) bond motifs is 1. The summed E-state index contributed by atoms with van der Waals surface area (Å²) in [6.07, 6.45) is 4.67. The molecule has 0 saturated carbocycles. The standard InChI is InChI=1S/C27H25FN4O2/c1-16-11-24(21(28)13-29-16)32-14-23(30-15-32)25(17-5-8-19(34-4)9-6-17)18-7-10-20-22(12-18)31-26(33)27(20,2)3/h5-15,25H,1-4H3,(H,31,33). The summed E-state index contributed by atoms with van der Waals surface area (Å²) in [4.78, 5) is 21.2. The molecule has 2 aromatic carbocycles. The number of imidazole rings is 1. The van der Waals surface area contributed by atoms with Gasteiger partial charge in [-0.3, -0.25) is 9.78 Å². The Hall–Kier alpha value is -4.00. The minimum atomic E-state index is -0.582. The Morgan fingerprint density at radius 3 is 2.53 bits per heavy atom. The summed E-state index contributed by atoms with van der Waals surface area (Å²) in [6, 6.07) is 15.5. The van der Waals surface area contributed by atoms with E-state index in [1.54, 1.807) is 24.1 Å². The first-order valence-corrected chi connectivity index (χ1v) is 11.0. The van der Waals surface area contributed by atoms with Crippen molar-refractivity contribution in [3.63, 3.8) is 0 Å². The highest BCUT2D eigenvalue weighted by Crippen LogP contribution is 2.41. The number of anilines is 1. The fourth-order valence-electron chi connectivity index (χ4n) is 4.47. The van der Waals surface area contributed by atoms with Crippen molar-refractivity contribution < 1.29 is 13.9 Å². The first-order valence-electron chi connectivity index (χ1n) is 11.0. The lowest BCUT2D eigenvalue weighted by atomic mass is 9.83. The largest absolute Gasteiger partial charge is 0.497 e. The molecule has 3 heterocycles. The fraction of sp³-hybridized carbons (Fsp3) is 0.222. The van der Waals surface area contributed by atoms with Crippen LogP contribution in [0.2, 0.25) is 0 Å². The van der Waals surface area contributed by atoms with Gasteiger partial charge in [0.1, 0.15) is 5.75 Å². The normalized spacial score (nSPS) is 15.0. The summed E-state index contributed by atoms with van der Waals surface area (Å²) < 4.78 is 21.5. The van der Waals surface area contributed by atoms with Crippen LogP contribution in [0.3, 0.4) is 0 Å². The van der Waals surface area contributed by atoms with Crippen LogP contribution in [0.25, 0.3) is 5.69 Å². The first-order chi connectivity index (χ1) is 16.3. The van der Waals surface area contributed by atoms with Gasteiger partial charge in [0.15, 0.2) is 5.82 Å². The summed E-state index contributed by atoms with van der Waals surface area (Å²) in [7, 11) is 1.63. The number of rotatable bonds is 5. The highest BCUT2D eigenvalue weighted by molar-refractivity contribution is 6.05. The van der Waals surface area contributed by atoms with Gasteiger partial charge in [-0.1, -0.05) is 24.3 Å². The molecule has 6 nitrogen and oxygen atoms in total. The van der Waals surface area contributed by atoms with E-state index in [0.717, 1.165) is 39.5 Å². The minimum Gasteiger partial charge on any atom is -0.497 e. The number of hydrogen-bond donors (Lipinski definition) is 1. The van der Waals surface area contributed by atoms with Gasteiger partial charge >= 0.3 is 0 Å². The molecule has 1 atom stereocenters. The second-order valence-electron chi connectivity index (χ2n) is 9.07. The highest BCUT2D eigenvalue weighted by Gasteiger charge is 2.38. The third-order valence-electron chi connectivity index (χ3n) is 6.46. The van der Waals surface area contributed by atoms with E-state index >= 15 is 0 Å². The van der Waals surface area contributed by atoms with Crippen LogP contribution in [0.15, 0.2) is 67.3 Å². The van der Waals surface area contributed by atoms with Crippen molar-refractivity contribution in [2.45, 2.75) is 32.1 Å². The van der Waals surface area contributed by atoms with Gasteiger partial charge in [-0.15, -0.1) is 0 Å². The van der Waals surface area contributed by atoms with E-state index in [1.807, 2.05) is 69.4 Å². The monoisotopic (exact) mass is 456 g/mol. The van der Waals surface area contributed by atoms with Crippen molar-refractivity contribution in [1.29, 1.82) is 0 Å². The van der Waals surface area contributed by atoms with Crippen LogP contribution < -0.4 is 10.1 Å². The average molecular weight is 457 g/mol. The molecular formula is C27H25FN4O2. The number of carbonyl (C=O) groups is 1. The summed E-state index contributed by atoms with van der Waals surface area (Å²) in [6.45, 7) is 5.66. The number of hydrogen-bond acceptors (Lipinski definition) is 4. The Balaban J connectivity index is 1.62. The molecule has 0 fully saturated rings. The molecule has 1 amide bonds. The molecule has 0 aliphatic carbocycles. The van der Waals surface area contributed by atoms with Gasteiger partial charge in [-0.2, -0.15) is 0 Å². The summed E-state index contributed by atoms with van der Waals surface area (Å²) in [5.41, 5.74) is 5.03. The molecule has 1 aliphatic rings. The topological polar surface area (TPSA) is 69.0 Å². The van der Waals surface area contributed by atoms with E-state index < -0.39 is 11.2 Å². The van der Waals surface area contributed by atoms with Crippen LogP contribution in [-0.4, -0.2) is 27.6 Å². The van der Waals surface area contributed by atoms with E-state index in [9.17, 15) is 9.18 Å². The molecule has 4 aromatic rings. The number of nitrogens with zero attached hydrogens (tertiary/aromatic N) is 3. The zero-order chi connectivity index (χ0) is 24.0.